The number of nitrogens with zero attached hydrogens (tertiary/aromatic N) is 3. The highest BCUT2D eigenvalue weighted by molar-refractivity contribution is 5.94. The fraction of sp³-hybridized carbons (Fsp3) is 0.667. The molecule has 1 fully saturated rings. The van der Waals surface area contributed by atoms with Crippen LogP contribution in [0.2, 0.25) is 0 Å². The highest BCUT2D eigenvalue weighted by Crippen LogP contribution is 2.29. The third kappa shape index (κ3) is 3.64. The highest BCUT2D eigenvalue weighted by Gasteiger charge is 2.33. The van der Waals surface area contributed by atoms with Gasteiger partial charge in [0.05, 0.1) is 18.8 Å². The molecule has 1 aromatic heterocycles. The minimum Gasteiger partial charge on any atom is -0.462 e. The zero-order valence-electron chi connectivity index (χ0n) is 13.8. The number of carbonyl (C=O) groups is 2. The molecule has 8 nitrogen and oxygen atoms in total. The molecule has 2 heterocycles. The number of hydrogen-bond donors (Lipinski definition) is 1. The summed E-state index contributed by atoms with van der Waals surface area (Å²) in [6, 6.07) is 0.112. The van der Waals surface area contributed by atoms with E-state index in [1.54, 1.807) is 11.6 Å². The Morgan fingerprint density at radius 3 is 2.70 bits per heavy atom. The van der Waals surface area contributed by atoms with Gasteiger partial charge in [0.15, 0.2) is 5.72 Å². The lowest BCUT2D eigenvalue weighted by Crippen LogP contribution is -2.50. The topological polar surface area (TPSA) is 99.7 Å². The van der Waals surface area contributed by atoms with Crippen LogP contribution >= 0.6 is 0 Å². The van der Waals surface area contributed by atoms with Crippen LogP contribution in [-0.2, 0) is 14.3 Å². The molecule has 1 aliphatic heterocycles. The number of ether oxygens (including phenoxy) is 2. The van der Waals surface area contributed by atoms with Crippen molar-refractivity contribution in [3.8, 4) is 0 Å². The van der Waals surface area contributed by atoms with E-state index in [-0.39, 0.29) is 6.04 Å². The van der Waals surface area contributed by atoms with Gasteiger partial charge in [0.2, 0.25) is 0 Å². The zero-order valence-corrected chi connectivity index (χ0v) is 13.8. The standard InChI is InChI=1S/C15H24N4O4/c1-4-22-14(21)12-9-17-19(13(12)16)11-5-7-18(8-6-11)15(2,3)23-10-20/h9-11H,4-8,16H2,1-3H3. The molecule has 0 atom stereocenters. The van der Waals surface area contributed by atoms with E-state index in [2.05, 4.69) is 10.00 Å². The number of nitrogens with two attached hydrogens (primary N) is 1. The smallest absolute Gasteiger partial charge is 0.343 e. The normalized spacial score (nSPS) is 17.0. The van der Waals surface area contributed by atoms with Crippen molar-refractivity contribution < 1.29 is 19.1 Å². The zero-order chi connectivity index (χ0) is 17.0. The van der Waals surface area contributed by atoms with Gasteiger partial charge in [0.1, 0.15) is 11.4 Å². The average molecular weight is 324 g/mol. The first-order chi connectivity index (χ1) is 10.9. The van der Waals surface area contributed by atoms with E-state index < -0.39 is 11.7 Å². The van der Waals surface area contributed by atoms with Gasteiger partial charge in [-0.15, -0.1) is 0 Å². The van der Waals surface area contributed by atoms with E-state index in [9.17, 15) is 9.59 Å². The van der Waals surface area contributed by atoms with Crippen LogP contribution in [-0.4, -0.2) is 52.5 Å². The Labute approximate surface area is 135 Å². The number of nitrogen functional groups attached to an aromatic ring is 1. The summed E-state index contributed by atoms with van der Waals surface area (Å²) in [5.41, 5.74) is 5.73. The van der Waals surface area contributed by atoms with Crippen LogP contribution < -0.4 is 5.73 Å². The third-order valence-corrected chi connectivity index (χ3v) is 4.24. The summed E-state index contributed by atoms with van der Waals surface area (Å²) in [4.78, 5) is 24.5. The van der Waals surface area contributed by atoms with Crippen molar-refractivity contribution in [3.05, 3.63) is 11.8 Å². The van der Waals surface area contributed by atoms with Gasteiger partial charge in [0, 0.05) is 13.1 Å². The molecule has 128 valence electrons. The summed E-state index contributed by atoms with van der Waals surface area (Å²) < 4.78 is 11.8. The monoisotopic (exact) mass is 324 g/mol. The second-order valence-electron chi connectivity index (χ2n) is 5.99. The van der Waals surface area contributed by atoms with E-state index in [1.807, 2.05) is 13.8 Å². The molecule has 0 bridgehead atoms. The van der Waals surface area contributed by atoms with Crippen molar-refractivity contribution in [1.82, 2.24) is 14.7 Å². The Morgan fingerprint density at radius 1 is 1.48 bits per heavy atom. The number of anilines is 1. The molecule has 0 radical (unpaired) electrons. The molecule has 0 unspecified atom stereocenters. The van der Waals surface area contributed by atoms with Gasteiger partial charge >= 0.3 is 5.97 Å². The van der Waals surface area contributed by atoms with E-state index in [1.165, 1.54) is 6.20 Å². The largest absolute Gasteiger partial charge is 0.462 e. The Bertz CT molecular complexity index is 562. The number of carbonyl (C=O) groups excluding carboxylic acids is 2. The summed E-state index contributed by atoms with van der Waals surface area (Å²) in [5, 5.41) is 4.25. The molecule has 0 saturated carbocycles. The molecular weight excluding hydrogens is 300 g/mol. The summed E-state index contributed by atoms with van der Waals surface area (Å²) >= 11 is 0. The number of rotatable bonds is 6. The minimum absolute atomic E-state index is 0.112. The average Bonchev–Trinajstić information content (AvgIpc) is 2.89. The molecule has 2 N–H and O–H groups in total. The van der Waals surface area contributed by atoms with Crippen LogP contribution in [0.15, 0.2) is 6.20 Å². The van der Waals surface area contributed by atoms with Crippen molar-refractivity contribution in [2.45, 2.75) is 45.4 Å². The third-order valence-electron chi connectivity index (χ3n) is 4.24. The first-order valence-corrected chi connectivity index (χ1v) is 7.77. The molecule has 1 saturated heterocycles. The van der Waals surface area contributed by atoms with Gasteiger partial charge in [-0.25, -0.2) is 9.48 Å². The number of aromatic nitrogens is 2. The van der Waals surface area contributed by atoms with Crippen molar-refractivity contribution in [3.63, 3.8) is 0 Å². The van der Waals surface area contributed by atoms with Crippen LogP contribution in [0.3, 0.4) is 0 Å². The summed E-state index contributed by atoms with van der Waals surface area (Å²) in [7, 11) is 0. The maximum atomic E-state index is 11.8. The maximum Gasteiger partial charge on any atom is 0.343 e. The summed E-state index contributed by atoms with van der Waals surface area (Å²) in [6.45, 7) is 7.75. The van der Waals surface area contributed by atoms with E-state index in [0.717, 1.165) is 25.9 Å². The molecule has 0 aromatic carbocycles. The molecule has 8 heteroatoms. The Kier molecular flexibility index (Phi) is 5.25. The van der Waals surface area contributed by atoms with E-state index >= 15 is 0 Å². The lowest BCUT2D eigenvalue weighted by molar-refractivity contribution is -0.164. The van der Waals surface area contributed by atoms with Crippen molar-refractivity contribution in [1.29, 1.82) is 0 Å². The molecule has 0 spiro atoms. The van der Waals surface area contributed by atoms with Gasteiger partial charge in [-0.1, -0.05) is 0 Å². The van der Waals surface area contributed by atoms with Gasteiger partial charge in [0.25, 0.3) is 6.47 Å². The first kappa shape index (κ1) is 17.3. The van der Waals surface area contributed by atoms with Gasteiger partial charge < -0.3 is 15.2 Å². The SMILES string of the molecule is CCOC(=O)c1cnn(C2CCN(C(C)(C)OC=O)CC2)c1N. The van der Waals surface area contributed by atoms with Crippen molar-refractivity contribution >= 4 is 18.3 Å². The fourth-order valence-corrected chi connectivity index (χ4v) is 2.87. The van der Waals surface area contributed by atoms with Gasteiger partial charge in [-0.05, 0) is 33.6 Å². The van der Waals surface area contributed by atoms with Crippen LogP contribution in [0.4, 0.5) is 5.82 Å². The Hall–Kier alpha value is -2.09. The summed E-state index contributed by atoms with van der Waals surface area (Å²) in [5.74, 6) is -0.112. The lowest BCUT2D eigenvalue weighted by atomic mass is 10.0. The number of esters is 1. The molecule has 0 amide bonds. The van der Waals surface area contributed by atoms with Crippen molar-refractivity contribution in [2.75, 3.05) is 25.4 Å². The molecule has 0 aliphatic carbocycles. The molecule has 1 aliphatic rings. The quantitative estimate of drug-likeness (QED) is 0.619. The summed E-state index contributed by atoms with van der Waals surface area (Å²) in [6.07, 6.45) is 3.07. The Morgan fingerprint density at radius 2 is 2.13 bits per heavy atom. The molecule has 1 aromatic rings. The molecule has 23 heavy (non-hydrogen) atoms. The second kappa shape index (κ2) is 6.99. The second-order valence-corrected chi connectivity index (χ2v) is 5.99. The number of piperidine rings is 1. The fourth-order valence-electron chi connectivity index (χ4n) is 2.87. The minimum atomic E-state index is -0.627. The molecular formula is C15H24N4O4. The molecule has 2 rings (SSSR count). The van der Waals surface area contributed by atoms with Crippen molar-refractivity contribution in [2.24, 2.45) is 0 Å². The predicted octanol–water partition coefficient (Wildman–Crippen LogP) is 1.19. The van der Waals surface area contributed by atoms with E-state index in [0.29, 0.717) is 24.5 Å². The van der Waals surface area contributed by atoms with Crippen LogP contribution in [0, 0.1) is 0 Å². The van der Waals surface area contributed by atoms with Crippen LogP contribution in [0.1, 0.15) is 50.0 Å². The number of likely N-dealkylation sites (tertiary alicyclic amines) is 1. The number of hydrogen-bond acceptors (Lipinski definition) is 7. The van der Waals surface area contributed by atoms with Gasteiger partial charge in [-0.3, -0.25) is 9.69 Å². The van der Waals surface area contributed by atoms with Crippen LogP contribution in [0.25, 0.3) is 0 Å². The van der Waals surface area contributed by atoms with Crippen LogP contribution in [0.5, 0.6) is 0 Å². The van der Waals surface area contributed by atoms with E-state index in [4.69, 9.17) is 15.2 Å². The lowest BCUT2D eigenvalue weighted by Gasteiger charge is -2.41. The first-order valence-electron chi connectivity index (χ1n) is 7.77. The Balaban J connectivity index is 2.03. The van der Waals surface area contributed by atoms with Gasteiger partial charge in [-0.2, -0.15) is 5.10 Å². The maximum absolute atomic E-state index is 11.8. The predicted molar refractivity (Wildman–Crippen MR) is 83.7 cm³/mol. The highest BCUT2D eigenvalue weighted by atomic mass is 16.6.